The number of hydrogen-bond donors (Lipinski definition) is 1. The summed E-state index contributed by atoms with van der Waals surface area (Å²) in [4.78, 5) is 10.7. The van der Waals surface area contributed by atoms with Gasteiger partial charge in [0, 0.05) is 0 Å². The van der Waals surface area contributed by atoms with E-state index in [1.165, 1.54) is 14.2 Å². The van der Waals surface area contributed by atoms with Gasteiger partial charge in [0.2, 0.25) is 0 Å². The zero-order valence-corrected chi connectivity index (χ0v) is 8.66. The molecule has 1 rings (SSSR count). The van der Waals surface area contributed by atoms with Gasteiger partial charge >= 0.3 is 5.97 Å². The third-order valence-electron chi connectivity index (χ3n) is 1.99. The van der Waals surface area contributed by atoms with Crippen LogP contribution in [0.1, 0.15) is 22.3 Å². The molecule has 1 N–H and O–H groups in total. The van der Waals surface area contributed by atoms with Crippen molar-refractivity contribution in [1.82, 2.24) is 0 Å². The summed E-state index contributed by atoms with van der Waals surface area (Å²) in [6.07, 6.45) is -2.83. The highest BCUT2D eigenvalue weighted by molar-refractivity contribution is 5.89. The van der Waals surface area contributed by atoms with E-state index in [9.17, 15) is 13.6 Å². The van der Waals surface area contributed by atoms with E-state index in [-0.39, 0.29) is 17.1 Å². The van der Waals surface area contributed by atoms with Crippen molar-refractivity contribution in [1.29, 1.82) is 0 Å². The van der Waals surface area contributed by atoms with Crippen LogP contribution in [-0.2, 0) is 0 Å². The topological polar surface area (TPSA) is 55.8 Å². The molecule has 0 amide bonds. The lowest BCUT2D eigenvalue weighted by Gasteiger charge is -2.13. The largest absolute Gasteiger partial charge is 0.493 e. The first-order valence-electron chi connectivity index (χ1n) is 4.28. The van der Waals surface area contributed by atoms with Gasteiger partial charge in [0.15, 0.2) is 11.5 Å². The summed E-state index contributed by atoms with van der Waals surface area (Å²) in [6.45, 7) is 0. The van der Waals surface area contributed by atoms with Crippen LogP contribution in [0.2, 0.25) is 0 Å². The van der Waals surface area contributed by atoms with Gasteiger partial charge in [-0.2, -0.15) is 0 Å². The molecule has 0 heterocycles. The van der Waals surface area contributed by atoms with E-state index in [0.29, 0.717) is 0 Å². The standard InChI is InChI=1S/C10H10F2O4/c1-15-7-4-5(10(13)14)3-6(9(11)12)8(7)16-2/h3-4,9H,1-2H3,(H,13,14). The van der Waals surface area contributed by atoms with Gasteiger partial charge in [0.1, 0.15) is 0 Å². The molecule has 0 unspecified atom stereocenters. The maximum Gasteiger partial charge on any atom is 0.335 e. The smallest absolute Gasteiger partial charge is 0.335 e. The number of methoxy groups -OCH3 is 2. The van der Waals surface area contributed by atoms with Crippen molar-refractivity contribution in [2.24, 2.45) is 0 Å². The van der Waals surface area contributed by atoms with Crippen LogP contribution in [0.4, 0.5) is 8.78 Å². The van der Waals surface area contributed by atoms with Gasteiger partial charge in [-0.25, -0.2) is 13.6 Å². The number of ether oxygens (including phenoxy) is 2. The van der Waals surface area contributed by atoms with Crippen LogP contribution in [0.15, 0.2) is 12.1 Å². The number of halogens is 2. The van der Waals surface area contributed by atoms with Crippen molar-refractivity contribution in [3.8, 4) is 11.5 Å². The predicted molar refractivity (Wildman–Crippen MR) is 51.5 cm³/mol. The minimum atomic E-state index is -2.83. The average Bonchev–Trinajstić information content (AvgIpc) is 2.26. The van der Waals surface area contributed by atoms with E-state index in [0.717, 1.165) is 12.1 Å². The molecule has 0 saturated heterocycles. The summed E-state index contributed by atoms with van der Waals surface area (Å²) >= 11 is 0. The van der Waals surface area contributed by atoms with E-state index < -0.39 is 18.0 Å². The summed E-state index contributed by atoms with van der Waals surface area (Å²) in [7, 11) is 2.46. The second kappa shape index (κ2) is 4.78. The third kappa shape index (κ3) is 2.21. The lowest BCUT2D eigenvalue weighted by atomic mass is 10.1. The Labute approximate surface area is 90.4 Å². The molecule has 1 aromatic rings. The molecule has 16 heavy (non-hydrogen) atoms. The third-order valence-corrected chi connectivity index (χ3v) is 1.99. The van der Waals surface area contributed by atoms with Gasteiger partial charge in [-0.15, -0.1) is 0 Å². The van der Waals surface area contributed by atoms with E-state index in [1.54, 1.807) is 0 Å². The van der Waals surface area contributed by atoms with Crippen LogP contribution in [-0.4, -0.2) is 25.3 Å². The molecule has 1 aromatic carbocycles. The van der Waals surface area contributed by atoms with Crippen LogP contribution >= 0.6 is 0 Å². The van der Waals surface area contributed by atoms with Gasteiger partial charge in [0.05, 0.1) is 25.3 Å². The second-order valence-corrected chi connectivity index (χ2v) is 2.91. The fourth-order valence-corrected chi connectivity index (χ4v) is 1.28. The predicted octanol–water partition coefficient (Wildman–Crippen LogP) is 2.34. The molecular formula is C10H10F2O4. The summed E-state index contributed by atoms with van der Waals surface area (Å²) in [5, 5.41) is 8.73. The van der Waals surface area contributed by atoms with E-state index in [2.05, 4.69) is 0 Å². The van der Waals surface area contributed by atoms with Crippen LogP contribution < -0.4 is 9.47 Å². The summed E-state index contributed by atoms with van der Waals surface area (Å²) in [6, 6.07) is 2.00. The first-order valence-corrected chi connectivity index (χ1v) is 4.28. The Hall–Kier alpha value is -1.85. The fourth-order valence-electron chi connectivity index (χ4n) is 1.28. The van der Waals surface area contributed by atoms with Crippen molar-refractivity contribution in [2.75, 3.05) is 14.2 Å². The van der Waals surface area contributed by atoms with Crippen LogP contribution in [0.25, 0.3) is 0 Å². The van der Waals surface area contributed by atoms with Crippen molar-refractivity contribution in [3.63, 3.8) is 0 Å². The highest BCUT2D eigenvalue weighted by Gasteiger charge is 2.21. The number of alkyl halides is 2. The Morgan fingerprint density at radius 1 is 1.31 bits per heavy atom. The minimum Gasteiger partial charge on any atom is -0.493 e. The normalized spacial score (nSPS) is 10.3. The summed E-state index contributed by atoms with van der Waals surface area (Å²) in [5.74, 6) is -1.48. The molecule has 88 valence electrons. The van der Waals surface area contributed by atoms with Crippen LogP contribution in [0.5, 0.6) is 11.5 Å². The maximum atomic E-state index is 12.6. The molecule has 0 fully saturated rings. The minimum absolute atomic E-state index is 0.0299. The van der Waals surface area contributed by atoms with Gasteiger partial charge in [-0.1, -0.05) is 0 Å². The Morgan fingerprint density at radius 2 is 1.94 bits per heavy atom. The Balaban J connectivity index is 3.43. The molecule has 0 atom stereocenters. The van der Waals surface area contributed by atoms with Gasteiger partial charge in [-0.3, -0.25) is 0 Å². The number of benzene rings is 1. The monoisotopic (exact) mass is 232 g/mol. The number of rotatable bonds is 4. The first-order chi connectivity index (χ1) is 7.51. The zero-order chi connectivity index (χ0) is 12.3. The molecule has 0 spiro atoms. The van der Waals surface area contributed by atoms with Crippen LogP contribution in [0.3, 0.4) is 0 Å². The zero-order valence-electron chi connectivity index (χ0n) is 8.66. The fraction of sp³-hybridized carbons (Fsp3) is 0.300. The molecule has 0 aliphatic carbocycles. The van der Waals surface area contributed by atoms with Crippen molar-refractivity contribution >= 4 is 5.97 Å². The van der Waals surface area contributed by atoms with Gasteiger partial charge < -0.3 is 14.6 Å². The molecule has 0 aliphatic heterocycles. The Kier molecular flexibility index (Phi) is 3.65. The van der Waals surface area contributed by atoms with E-state index >= 15 is 0 Å². The highest BCUT2D eigenvalue weighted by Crippen LogP contribution is 2.38. The lowest BCUT2D eigenvalue weighted by Crippen LogP contribution is -2.03. The molecule has 0 saturated carbocycles. The summed E-state index contributed by atoms with van der Waals surface area (Å²) in [5.41, 5.74) is -0.771. The second-order valence-electron chi connectivity index (χ2n) is 2.91. The van der Waals surface area contributed by atoms with Crippen LogP contribution in [0, 0.1) is 0 Å². The molecule has 0 aliphatic rings. The number of carboxylic acids is 1. The molecule has 4 nitrogen and oxygen atoms in total. The number of hydrogen-bond acceptors (Lipinski definition) is 3. The van der Waals surface area contributed by atoms with Crippen molar-refractivity contribution < 1.29 is 28.2 Å². The molecule has 0 bridgehead atoms. The molecule has 0 radical (unpaired) electrons. The SMILES string of the molecule is COc1cc(C(=O)O)cc(C(F)F)c1OC. The number of aromatic carboxylic acids is 1. The average molecular weight is 232 g/mol. The Morgan fingerprint density at radius 3 is 2.31 bits per heavy atom. The van der Waals surface area contributed by atoms with Crippen molar-refractivity contribution in [2.45, 2.75) is 6.43 Å². The van der Waals surface area contributed by atoms with E-state index in [4.69, 9.17) is 14.6 Å². The lowest BCUT2D eigenvalue weighted by molar-refractivity contribution is 0.0696. The summed E-state index contributed by atoms with van der Waals surface area (Å²) < 4.78 is 34.9. The van der Waals surface area contributed by atoms with Gasteiger partial charge in [-0.05, 0) is 12.1 Å². The van der Waals surface area contributed by atoms with Crippen molar-refractivity contribution in [3.05, 3.63) is 23.3 Å². The van der Waals surface area contributed by atoms with Gasteiger partial charge in [0.25, 0.3) is 6.43 Å². The Bertz CT molecular complexity index is 404. The molecule has 0 aromatic heterocycles. The molecular weight excluding hydrogens is 222 g/mol. The van der Waals surface area contributed by atoms with E-state index in [1.807, 2.05) is 0 Å². The highest BCUT2D eigenvalue weighted by atomic mass is 19.3. The number of carboxylic acid groups (broad SMARTS) is 1. The number of carbonyl (C=O) groups is 1. The molecule has 6 heteroatoms. The quantitative estimate of drug-likeness (QED) is 0.865. The maximum absolute atomic E-state index is 12.6. The first kappa shape index (κ1) is 12.2.